The number of hydrogen-bond donors (Lipinski definition) is 1. The van der Waals surface area contributed by atoms with Crippen molar-refractivity contribution in [1.29, 1.82) is 5.41 Å². The van der Waals surface area contributed by atoms with E-state index in [4.69, 9.17) is 10.4 Å². The van der Waals surface area contributed by atoms with E-state index in [0.717, 1.165) is 88.9 Å². The van der Waals surface area contributed by atoms with Gasteiger partial charge in [0.05, 0.1) is 17.1 Å². The van der Waals surface area contributed by atoms with Gasteiger partial charge in [0.15, 0.2) is 0 Å². The summed E-state index contributed by atoms with van der Waals surface area (Å²) in [5.74, 6) is 0. The Morgan fingerprint density at radius 2 is 0.758 bits per heavy atom. The standard InChI is InChI=1S/C60H42N2/c61-58(48-23-12-4-13-24-48)41-57(46-21-10-3-11-22-46)55-28-16-27-47-33-34-50(38-56(47)55)44-29-31-45(32-30-44)53-39-59(49-25-14-5-15-26-49)62-60(40-53)54-36-51(42-17-6-1-7-18-42)35-52(37-54)43-19-8-2-9-20-43/h1-41,61H/b57-41-,61-58?. The molecule has 1 N–H and O–H groups in total. The van der Waals surface area contributed by atoms with Crippen LogP contribution < -0.4 is 0 Å². The van der Waals surface area contributed by atoms with Gasteiger partial charge in [0, 0.05) is 11.1 Å². The molecule has 10 rings (SSSR count). The van der Waals surface area contributed by atoms with Gasteiger partial charge in [-0.25, -0.2) is 4.98 Å². The first-order valence-electron chi connectivity index (χ1n) is 21.0. The van der Waals surface area contributed by atoms with Crippen molar-refractivity contribution in [3.63, 3.8) is 0 Å². The van der Waals surface area contributed by atoms with E-state index < -0.39 is 0 Å². The molecule has 9 aromatic carbocycles. The predicted molar refractivity (Wildman–Crippen MR) is 261 cm³/mol. The minimum absolute atomic E-state index is 0.475. The van der Waals surface area contributed by atoms with Crippen LogP contribution in [0.15, 0.2) is 249 Å². The minimum Gasteiger partial charge on any atom is -0.300 e. The van der Waals surface area contributed by atoms with Gasteiger partial charge in [-0.05, 0) is 120 Å². The fourth-order valence-corrected chi connectivity index (χ4v) is 8.29. The molecule has 0 aliphatic carbocycles. The van der Waals surface area contributed by atoms with Crippen molar-refractivity contribution in [1.82, 2.24) is 4.98 Å². The van der Waals surface area contributed by atoms with Crippen LogP contribution in [0.4, 0.5) is 0 Å². The van der Waals surface area contributed by atoms with Crippen molar-refractivity contribution in [3.05, 3.63) is 265 Å². The first-order chi connectivity index (χ1) is 30.6. The molecule has 0 unspecified atom stereocenters. The van der Waals surface area contributed by atoms with Crippen molar-refractivity contribution < 1.29 is 0 Å². The molecule has 1 aromatic heterocycles. The second-order valence-electron chi connectivity index (χ2n) is 15.5. The number of nitrogens with zero attached hydrogens (tertiary/aromatic N) is 1. The third-order valence-corrected chi connectivity index (χ3v) is 11.5. The second-order valence-corrected chi connectivity index (χ2v) is 15.5. The van der Waals surface area contributed by atoms with Gasteiger partial charge in [0.1, 0.15) is 0 Å². The van der Waals surface area contributed by atoms with E-state index >= 15 is 0 Å². The zero-order chi connectivity index (χ0) is 41.7. The lowest BCUT2D eigenvalue weighted by molar-refractivity contribution is 1.32. The molecule has 0 spiro atoms. The van der Waals surface area contributed by atoms with E-state index in [0.29, 0.717) is 5.71 Å². The molecular formula is C60H42N2. The molecule has 10 aromatic rings. The number of nitrogens with one attached hydrogen (secondary N) is 1. The highest BCUT2D eigenvalue weighted by Crippen LogP contribution is 2.38. The van der Waals surface area contributed by atoms with Crippen molar-refractivity contribution in [2.45, 2.75) is 0 Å². The van der Waals surface area contributed by atoms with Gasteiger partial charge in [0.2, 0.25) is 0 Å². The van der Waals surface area contributed by atoms with Crippen molar-refractivity contribution in [2.75, 3.05) is 0 Å². The lowest BCUT2D eigenvalue weighted by Gasteiger charge is -2.15. The van der Waals surface area contributed by atoms with E-state index in [1.54, 1.807) is 0 Å². The Hall–Kier alpha value is -8.20. The summed E-state index contributed by atoms with van der Waals surface area (Å²) in [6.07, 6.45) is 2.01. The first kappa shape index (κ1) is 38.0. The molecule has 0 fully saturated rings. The average Bonchev–Trinajstić information content (AvgIpc) is 3.36. The number of benzene rings is 9. The monoisotopic (exact) mass is 790 g/mol. The number of fused-ring (bicyclic) bond motifs is 1. The van der Waals surface area contributed by atoms with Crippen LogP contribution in [0.1, 0.15) is 16.7 Å². The maximum absolute atomic E-state index is 9.07. The Kier molecular flexibility index (Phi) is 10.5. The van der Waals surface area contributed by atoms with Gasteiger partial charge in [0.25, 0.3) is 0 Å². The Morgan fingerprint density at radius 3 is 1.34 bits per heavy atom. The highest BCUT2D eigenvalue weighted by molar-refractivity contribution is 6.14. The third-order valence-electron chi connectivity index (χ3n) is 11.5. The molecule has 0 bridgehead atoms. The zero-order valence-corrected chi connectivity index (χ0v) is 34.1. The highest BCUT2D eigenvalue weighted by atomic mass is 14.7. The number of hydrogen-bond acceptors (Lipinski definition) is 2. The van der Waals surface area contributed by atoms with E-state index in [9.17, 15) is 0 Å². The Morgan fingerprint density at radius 1 is 0.323 bits per heavy atom. The fourth-order valence-electron chi connectivity index (χ4n) is 8.29. The molecule has 2 heteroatoms. The molecule has 0 saturated heterocycles. The van der Waals surface area contributed by atoms with Crippen LogP contribution >= 0.6 is 0 Å². The summed E-state index contributed by atoms with van der Waals surface area (Å²) in [6.45, 7) is 0. The van der Waals surface area contributed by atoms with Crippen LogP contribution in [0.3, 0.4) is 0 Å². The molecule has 62 heavy (non-hydrogen) atoms. The summed E-state index contributed by atoms with van der Waals surface area (Å²) < 4.78 is 0. The van der Waals surface area contributed by atoms with Crippen LogP contribution in [0.5, 0.6) is 0 Å². The lowest BCUT2D eigenvalue weighted by atomic mass is 9.90. The number of pyridine rings is 1. The summed E-state index contributed by atoms with van der Waals surface area (Å²) >= 11 is 0. The highest BCUT2D eigenvalue weighted by Gasteiger charge is 2.15. The molecule has 292 valence electrons. The van der Waals surface area contributed by atoms with Crippen molar-refractivity contribution >= 4 is 22.1 Å². The molecule has 0 aliphatic heterocycles. The smallest absolute Gasteiger partial charge is 0.0716 e. The van der Waals surface area contributed by atoms with E-state index in [-0.39, 0.29) is 0 Å². The molecule has 0 aliphatic rings. The summed E-state index contributed by atoms with van der Waals surface area (Å²) in [4.78, 5) is 5.32. The van der Waals surface area contributed by atoms with Gasteiger partial charge in [-0.15, -0.1) is 0 Å². The van der Waals surface area contributed by atoms with Crippen molar-refractivity contribution in [2.24, 2.45) is 0 Å². The largest absolute Gasteiger partial charge is 0.300 e. The van der Waals surface area contributed by atoms with Crippen molar-refractivity contribution in [3.8, 4) is 67.0 Å². The third kappa shape index (κ3) is 8.06. The van der Waals surface area contributed by atoms with Crippen LogP contribution in [0.25, 0.3) is 83.4 Å². The lowest BCUT2D eigenvalue weighted by Crippen LogP contribution is -1.98. The van der Waals surface area contributed by atoms with E-state index in [1.807, 2.05) is 48.5 Å². The van der Waals surface area contributed by atoms with Crippen LogP contribution in [0, 0.1) is 5.41 Å². The Labute approximate surface area is 363 Å². The SMILES string of the molecule is N=C(/C=C(/c1ccccc1)c1cccc2ccc(-c3ccc(-c4cc(-c5ccccc5)nc(-c5cc(-c6ccccc6)cc(-c6ccccc6)c5)c4)cc3)cc12)c1ccccc1. The van der Waals surface area contributed by atoms with E-state index in [1.165, 1.54) is 11.1 Å². The minimum atomic E-state index is 0.475. The molecular weight excluding hydrogens is 749 g/mol. The molecule has 0 saturated carbocycles. The van der Waals surface area contributed by atoms with Gasteiger partial charge >= 0.3 is 0 Å². The second kappa shape index (κ2) is 17.2. The first-order valence-corrected chi connectivity index (χ1v) is 21.0. The molecule has 0 atom stereocenters. The van der Waals surface area contributed by atoms with Gasteiger partial charge in [-0.3, -0.25) is 0 Å². The number of allylic oxidation sites excluding steroid dienone is 1. The summed E-state index contributed by atoms with van der Waals surface area (Å²) in [7, 11) is 0. The van der Waals surface area contributed by atoms with Gasteiger partial charge in [-0.1, -0.05) is 206 Å². The zero-order valence-electron chi connectivity index (χ0n) is 34.1. The molecule has 0 radical (unpaired) electrons. The van der Waals surface area contributed by atoms with Crippen LogP contribution in [-0.2, 0) is 0 Å². The quantitative estimate of drug-likeness (QED) is 0.138. The molecule has 0 amide bonds. The number of aromatic nitrogens is 1. The van der Waals surface area contributed by atoms with Gasteiger partial charge < -0.3 is 5.41 Å². The topological polar surface area (TPSA) is 36.7 Å². The summed E-state index contributed by atoms with van der Waals surface area (Å²) in [5, 5.41) is 11.4. The molecule has 1 heterocycles. The van der Waals surface area contributed by atoms with Gasteiger partial charge in [-0.2, -0.15) is 0 Å². The average molecular weight is 791 g/mol. The number of rotatable bonds is 10. The normalized spacial score (nSPS) is 11.4. The summed E-state index contributed by atoms with van der Waals surface area (Å²) in [6, 6.07) is 85.3. The fraction of sp³-hybridized carbons (Fsp3) is 0. The van der Waals surface area contributed by atoms with E-state index in [2.05, 4.69) is 200 Å². The Balaban J connectivity index is 1.06. The van der Waals surface area contributed by atoms with Crippen LogP contribution in [-0.4, -0.2) is 10.7 Å². The maximum atomic E-state index is 9.07. The summed E-state index contributed by atoms with van der Waals surface area (Å²) in [5.41, 5.74) is 17.7. The Bertz CT molecular complexity index is 3130. The predicted octanol–water partition coefficient (Wildman–Crippen LogP) is 15.7. The maximum Gasteiger partial charge on any atom is 0.0716 e. The van der Waals surface area contributed by atoms with Crippen LogP contribution in [0.2, 0.25) is 0 Å². The molecule has 2 nitrogen and oxygen atoms in total.